The number of rotatable bonds is 7. The number of nitrogens with one attached hydrogen (secondary N) is 2. The van der Waals surface area contributed by atoms with Gasteiger partial charge in [0, 0.05) is 34.9 Å². The number of carbonyl (C=O) groups is 1. The van der Waals surface area contributed by atoms with Crippen molar-refractivity contribution in [2.75, 3.05) is 18.6 Å². The van der Waals surface area contributed by atoms with Crippen LogP contribution in [0.4, 0.5) is 5.69 Å². The van der Waals surface area contributed by atoms with Gasteiger partial charge < -0.3 is 14.6 Å². The molecule has 0 radical (unpaired) electrons. The summed E-state index contributed by atoms with van der Waals surface area (Å²) in [5.74, 6) is 0.420. The van der Waals surface area contributed by atoms with Crippen LogP contribution in [0.5, 0.6) is 0 Å². The van der Waals surface area contributed by atoms with E-state index in [0.717, 1.165) is 47.2 Å². The molecule has 3 aromatic rings. The van der Waals surface area contributed by atoms with Gasteiger partial charge in [-0.2, -0.15) is 5.10 Å². The van der Waals surface area contributed by atoms with Crippen LogP contribution in [0.3, 0.4) is 0 Å². The zero-order chi connectivity index (χ0) is 23.6. The van der Waals surface area contributed by atoms with Crippen LogP contribution in [-0.2, 0) is 22.4 Å². The summed E-state index contributed by atoms with van der Waals surface area (Å²) in [6, 6.07) is 8.09. The molecule has 0 saturated carbocycles. The lowest BCUT2D eigenvalue weighted by atomic mass is 9.76. The molecule has 1 aliphatic carbocycles. The van der Waals surface area contributed by atoms with Gasteiger partial charge in [-0.1, -0.05) is 46.1 Å². The van der Waals surface area contributed by atoms with Crippen molar-refractivity contribution >= 4 is 22.5 Å². The summed E-state index contributed by atoms with van der Waals surface area (Å²) in [6.07, 6.45) is 10.3. The van der Waals surface area contributed by atoms with Crippen LogP contribution in [0.2, 0.25) is 0 Å². The standard InChI is InChI=1S/C27H32N4O2.CH4/c1-6-8-9-20(7-2)33-17-25(32)31(5)19-11-10-18-14-23(28-22(18)15-19)26-21-12-13-27(3,4)16-24(21)29-30-26;/h6-11,14-15,28H,2,12-13,16-17H2,1,3-5H3,(H,29,30);1H4/b8-6-,20-9+;. The quantitative estimate of drug-likeness (QED) is 0.319. The lowest BCUT2D eigenvalue weighted by molar-refractivity contribution is -0.121. The van der Waals surface area contributed by atoms with Crippen LogP contribution >= 0.6 is 0 Å². The van der Waals surface area contributed by atoms with Crippen molar-refractivity contribution < 1.29 is 9.53 Å². The van der Waals surface area contributed by atoms with Crippen LogP contribution in [0, 0.1) is 5.41 Å². The molecule has 0 aliphatic heterocycles. The number of amides is 1. The second kappa shape index (κ2) is 10.2. The van der Waals surface area contributed by atoms with E-state index in [4.69, 9.17) is 4.74 Å². The maximum Gasteiger partial charge on any atom is 0.264 e. The van der Waals surface area contributed by atoms with Crippen molar-refractivity contribution in [3.8, 4) is 11.4 Å². The molecule has 0 saturated heterocycles. The average molecular weight is 461 g/mol. The number of aromatic nitrogens is 3. The molecule has 6 nitrogen and oxygen atoms in total. The van der Waals surface area contributed by atoms with Gasteiger partial charge in [0.25, 0.3) is 5.91 Å². The molecule has 180 valence electrons. The lowest BCUT2D eigenvalue weighted by Crippen LogP contribution is -2.29. The van der Waals surface area contributed by atoms with E-state index in [-0.39, 0.29) is 19.9 Å². The van der Waals surface area contributed by atoms with Crippen LogP contribution < -0.4 is 4.90 Å². The minimum absolute atomic E-state index is 0. The Morgan fingerprint density at radius 1 is 1.32 bits per heavy atom. The highest BCUT2D eigenvalue weighted by molar-refractivity contribution is 5.97. The number of fused-ring (bicyclic) bond motifs is 2. The molecule has 6 heteroatoms. The van der Waals surface area contributed by atoms with E-state index < -0.39 is 0 Å². The zero-order valence-electron chi connectivity index (χ0n) is 19.9. The predicted octanol–water partition coefficient (Wildman–Crippen LogP) is 6.33. The van der Waals surface area contributed by atoms with Crippen molar-refractivity contribution in [1.29, 1.82) is 0 Å². The van der Waals surface area contributed by atoms with Crippen LogP contribution in [0.15, 0.2) is 60.9 Å². The molecule has 0 atom stereocenters. The third-order valence-corrected chi connectivity index (χ3v) is 6.30. The van der Waals surface area contributed by atoms with Crippen molar-refractivity contribution in [2.45, 2.75) is 47.5 Å². The molecule has 4 rings (SSSR count). The van der Waals surface area contributed by atoms with Crippen molar-refractivity contribution in [2.24, 2.45) is 5.41 Å². The predicted molar refractivity (Wildman–Crippen MR) is 141 cm³/mol. The first-order valence-electron chi connectivity index (χ1n) is 11.4. The molecule has 1 amide bonds. The summed E-state index contributed by atoms with van der Waals surface area (Å²) < 4.78 is 5.59. The fourth-order valence-corrected chi connectivity index (χ4v) is 4.27. The van der Waals surface area contributed by atoms with E-state index in [9.17, 15) is 4.79 Å². The number of anilines is 1. The summed E-state index contributed by atoms with van der Waals surface area (Å²) in [7, 11) is 1.76. The second-order valence-electron chi connectivity index (χ2n) is 9.37. The number of hydrogen-bond acceptors (Lipinski definition) is 3. The minimum atomic E-state index is -0.140. The molecule has 0 fully saturated rings. The summed E-state index contributed by atoms with van der Waals surface area (Å²) in [4.78, 5) is 17.8. The highest BCUT2D eigenvalue weighted by atomic mass is 16.5. The summed E-state index contributed by atoms with van der Waals surface area (Å²) in [5.41, 5.74) is 6.64. The van der Waals surface area contributed by atoms with Gasteiger partial charge in [-0.15, -0.1) is 0 Å². The fourth-order valence-electron chi connectivity index (χ4n) is 4.27. The van der Waals surface area contributed by atoms with E-state index in [0.29, 0.717) is 11.2 Å². The number of nitrogens with zero attached hydrogens (tertiary/aromatic N) is 2. The molecule has 2 heterocycles. The summed E-state index contributed by atoms with van der Waals surface area (Å²) >= 11 is 0. The number of H-pyrrole nitrogens is 2. The Bertz CT molecular complexity index is 1240. The number of ether oxygens (including phenoxy) is 1. The van der Waals surface area contributed by atoms with Gasteiger partial charge in [0.05, 0.1) is 5.69 Å². The molecule has 2 N–H and O–H groups in total. The number of carbonyl (C=O) groups excluding carboxylic acids is 1. The normalized spacial score (nSPS) is 15.1. The Balaban J connectivity index is 0.00000324. The molecule has 0 unspecified atom stereocenters. The van der Waals surface area contributed by atoms with E-state index in [1.807, 2.05) is 37.3 Å². The topological polar surface area (TPSA) is 74.0 Å². The number of aromatic amines is 2. The van der Waals surface area contributed by atoms with Crippen molar-refractivity contribution in [3.63, 3.8) is 0 Å². The Morgan fingerprint density at radius 2 is 2.12 bits per heavy atom. The smallest absolute Gasteiger partial charge is 0.264 e. The average Bonchev–Trinajstić information content (AvgIpc) is 3.40. The highest BCUT2D eigenvalue weighted by Gasteiger charge is 2.29. The third kappa shape index (κ3) is 5.16. The maximum atomic E-state index is 12.7. The molecule has 34 heavy (non-hydrogen) atoms. The monoisotopic (exact) mass is 460 g/mol. The van der Waals surface area contributed by atoms with Crippen LogP contribution in [-0.4, -0.2) is 34.7 Å². The Labute approximate surface area is 202 Å². The Kier molecular flexibility index (Phi) is 7.50. The van der Waals surface area contributed by atoms with Crippen LogP contribution in [0.25, 0.3) is 22.3 Å². The van der Waals surface area contributed by atoms with Crippen LogP contribution in [0.1, 0.15) is 45.9 Å². The van der Waals surface area contributed by atoms with E-state index in [2.05, 4.69) is 41.7 Å². The number of hydrogen-bond donors (Lipinski definition) is 2. The van der Waals surface area contributed by atoms with Gasteiger partial charge >= 0.3 is 0 Å². The molecule has 0 bridgehead atoms. The first-order chi connectivity index (χ1) is 15.8. The molecule has 1 aromatic carbocycles. The van der Waals surface area contributed by atoms with E-state index in [1.54, 1.807) is 24.1 Å². The third-order valence-electron chi connectivity index (χ3n) is 6.30. The lowest BCUT2D eigenvalue weighted by Gasteiger charge is -2.28. The Hall–Kier alpha value is -3.54. The first kappa shape index (κ1) is 25.1. The van der Waals surface area contributed by atoms with Gasteiger partial charge in [-0.3, -0.25) is 9.89 Å². The number of benzene rings is 1. The number of allylic oxidation sites excluding steroid dienone is 4. The molecule has 1 aliphatic rings. The SMILES string of the molecule is C.C=C/C(=C\C=C/C)OCC(=O)N(C)c1ccc2cc(-c3n[nH]c4c3CCC(C)(C)C4)[nH]c2c1. The van der Waals surface area contributed by atoms with Gasteiger partial charge in [-0.25, -0.2) is 0 Å². The van der Waals surface area contributed by atoms with Gasteiger partial charge in [-0.05, 0) is 62.0 Å². The Morgan fingerprint density at radius 3 is 2.85 bits per heavy atom. The fraction of sp³-hybridized carbons (Fsp3) is 0.357. The number of likely N-dealkylation sites (N-methyl/N-ethyl adjacent to an activating group) is 1. The summed E-state index contributed by atoms with van der Waals surface area (Å²) in [6.45, 7) is 10.2. The molecular formula is C28H36N4O2. The minimum Gasteiger partial charge on any atom is -0.484 e. The molecule has 0 spiro atoms. The first-order valence-corrected chi connectivity index (χ1v) is 11.4. The van der Waals surface area contributed by atoms with Gasteiger partial charge in [0.1, 0.15) is 11.5 Å². The zero-order valence-corrected chi connectivity index (χ0v) is 19.9. The van der Waals surface area contributed by atoms with Gasteiger partial charge in [0.2, 0.25) is 0 Å². The van der Waals surface area contributed by atoms with Crippen molar-refractivity contribution in [1.82, 2.24) is 15.2 Å². The second-order valence-corrected chi connectivity index (χ2v) is 9.37. The van der Waals surface area contributed by atoms with E-state index >= 15 is 0 Å². The van der Waals surface area contributed by atoms with Gasteiger partial charge in [0.15, 0.2) is 6.61 Å². The largest absolute Gasteiger partial charge is 0.484 e. The van der Waals surface area contributed by atoms with E-state index in [1.165, 1.54) is 11.3 Å². The van der Waals surface area contributed by atoms with Crippen molar-refractivity contribution in [3.05, 3.63) is 72.2 Å². The molecular weight excluding hydrogens is 424 g/mol. The highest BCUT2D eigenvalue weighted by Crippen LogP contribution is 2.38. The molecule has 2 aromatic heterocycles. The maximum absolute atomic E-state index is 12.7. The summed E-state index contributed by atoms with van der Waals surface area (Å²) in [5, 5.41) is 8.97.